The molecule has 1 saturated carbocycles. The minimum atomic E-state index is -3.41. The Morgan fingerprint density at radius 3 is 2.58 bits per heavy atom. The van der Waals surface area contributed by atoms with E-state index in [0.717, 1.165) is 32.1 Å². The summed E-state index contributed by atoms with van der Waals surface area (Å²) < 4.78 is 26.3. The van der Waals surface area contributed by atoms with Crippen molar-refractivity contribution in [3.05, 3.63) is 5.82 Å². The number of hydrogen-bond acceptors (Lipinski definition) is 5. The normalized spacial score (nSPS) is 17.2. The summed E-state index contributed by atoms with van der Waals surface area (Å²) in [5.41, 5.74) is 0. The van der Waals surface area contributed by atoms with Gasteiger partial charge in [-0.25, -0.2) is 8.42 Å². The van der Waals surface area contributed by atoms with Gasteiger partial charge in [-0.15, -0.1) is 10.2 Å². The van der Waals surface area contributed by atoms with Crippen molar-refractivity contribution in [3.8, 4) is 0 Å². The quantitative estimate of drug-likeness (QED) is 0.848. The molecule has 1 aliphatic carbocycles. The highest BCUT2D eigenvalue weighted by molar-refractivity contribution is 7.91. The molecule has 1 fully saturated rings. The van der Waals surface area contributed by atoms with Crippen LogP contribution in [0.3, 0.4) is 0 Å². The Morgan fingerprint density at radius 2 is 2.00 bits per heavy atom. The number of nitrogens with zero attached hydrogens (tertiary/aromatic N) is 3. The van der Waals surface area contributed by atoms with Crippen LogP contribution in [0.4, 0.5) is 0 Å². The van der Waals surface area contributed by atoms with E-state index in [1.54, 1.807) is 0 Å². The van der Waals surface area contributed by atoms with Crippen LogP contribution in [-0.4, -0.2) is 34.0 Å². The molecular weight excluding hydrogens is 266 g/mol. The van der Waals surface area contributed by atoms with Crippen LogP contribution in [0.15, 0.2) is 5.16 Å². The van der Waals surface area contributed by atoms with E-state index in [2.05, 4.69) is 10.2 Å². The van der Waals surface area contributed by atoms with Crippen molar-refractivity contribution in [2.24, 2.45) is 5.92 Å². The first kappa shape index (κ1) is 14.5. The first-order valence-corrected chi connectivity index (χ1v) is 8.49. The maximum Gasteiger partial charge on any atom is 0.249 e. The topological polar surface area (TPSA) is 85.1 Å². The number of aromatic nitrogens is 3. The minimum absolute atomic E-state index is 0.0188. The van der Waals surface area contributed by atoms with E-state index in [1.807, 2.05) is 6.92 Å². The Morgan fingerprint density at radius 1 is 1.32 bits per heavy atom. The van der Waals surface area contributed by atoms with Crippen LogP contribution in [0.5, 0.6) is 0 Å². The predicted octanol–water partition coefficient (Wildman–Crippen LogP) is 1.14. The third-order valence-electron chi connectivity index (χ3n) is 3.59. The van der Waals surface area contributed by atoms with Crippen LogP contribution < -0.4 is 0 Å². The van der Waals surface area contributed by atoms with Crippen molar-refractivity contribution in [3.63, 3.8) is 0 Å². The summed E-state index contributed by atoms with van der Waals surface area (Å²) in [6.07, 6.45) is 4.96. The second-order valence-corrected chi connectivity index (χ2v) is 7.07. The van der Waals surface area contributed by atoms with Gasteiger partial charge in [-0.1, -0.05) is 19.8 Å². The van der Waals surface area contributed by atoms with Gasteiger partial charge in [0.2, 0.25) is 15.0 Å². The fourth-order valence-electron chi connectivity index (χ4n) is 2.68. The average molecular weight is 287 g/mol. The van der Waals surface area contributed by atoms with Crippen LogP contribution in [0.1, 0.15) is 44.9 Å². The molecule has 1 heterocycles. The molecular formula is C12H21N3O3S. The molecule has 0 unspecified atom stereocenters. The first-order valence-electron chi connectivity index (χ1n) is 6.84. The van der Waals surface area contributed by atoms with Gasteiger partial charge >= 0.3 is 0 Å². The van der Waals surface area contributed by atoms with Gasteiger partial charge in [0.25, 0.3) is 0 Å². The summed E-state index contributed by atoms with van der Waals surface area (Å²) in [5.74, 6) is 0.724. The van der Waals surface area contributed by atoms with E-state index in [0.29, 0.717) is 12.4 Å². The molecule has 1 aromatic heterocycles. The molecule has 0 radical (unpaired) electrons. The lowest BCUT2D eigenvalue weighted by Crippen LogP contribution is -2.19. The fraction of sp³-hybridized carbons (Fsp3) is 0.833. The molecule has 0 amide bonds. The number of hydrogen-bond donors (Lipinski definition) is 1. The summed E-state index contributed by atoms with van der Waals surface area (Å²) >= 11 is 0. The highest BCUT2D eigenvalue weighted by Crippen LogP contribution is 2.27. The Hall–Kier alpha value is -0.950. The van der Waals surface area contributed by atoms with Crippen LogP contribution >= 0.6 is 0 Å². The monoisotopic (exact) mass is 287 g/mol. The van der Waals surface area contributed by atoms with Crippen molar-refractivity contribution in [1.29, 1.82) is 0 Å². The SMILES string of the molecule is CCCn1c(CO)nnc1S(=O)(=O)CC1CCCC1. The Kier molecular flexibility index (Phi) is 4.57. The highest BCUT2D eigenvalue weighted by atomic mass is 32.2. The van der Waals surface area contributed by atoms with Gasteiger partial charge < -0.3 is 5.11 Å². The summed E-state index contributed by atoms with van der Waals surface area (Å²) in [5, 5.41) is 16.8. The summed E-state index contributed by atoms with van der Waals surface area (Å²) in [6, 6.07) is 0. The molecule has 0 bridgehead atoms. The molecule has 19 heavy (non-hydrogen) atoms. The van der Waals surface area contributed by atoms with E-state index in [9.17, 15) is 13.5 Å². The fourth-order valence-corrected chi connectivity index (χ4v) is 4.48. The molecule has 108 valence electrons. The highest BCUT2D eigenvalue weighted by Gasteiger charge is 2.29. The lowest BCUT2D eigenvalue weighted by molar-refractivity contribution is 0.263. The summed E-state index contributed by atoms with van der Waals surface area (Å²) in [4.78, 5) is 0. The summed E-state index contributed by atoms with van der Waals surface area (Å²) in [6.45, 7) is 2.18. The van der Waals surface area contributed by atoms with Crippen molar-refractivity contribution >= 4 is 9.84 Å². The van der Waals surface area contributed by atoms with Crippen molar-refractivity contribution in [2.45, 2.75) is 57.3 Å². The number of sulfone groups is 1. The molecule has 0 atom stereocenters. The molecule has 0 aromatic carbocycles. The molecule has 7 heteroatoms. The van der Waals surface area contributed by atoms with Crippen LogP contribution in [0.25, 0.3) is 0 Å². The third kappa shape index (κ3) is 3.14. The van der Waals surface area contributed by atoms with Crippen LogP contribution in [-0.2, 0) is 23.0 Å². The molecule has 1 aliphatic rings. The molecule has 0 saturated heterocycles. The second-order valence-electron chi connectivity index (χ2n) is 5.14. The zero-order valence-electron chi connectivity index (χ0n) is 11.2. The van der Waals surface area contributed by atoms with Crippen molar-refractivity contribution < 1.29 is 13.5 Å². The number of aliphatic hydroxyl groups excluding tert-OH is 1. The van der Waals surface area contributed by atoms with Crippen LogP contribution in [0, 0.1) is 5.92 Å². The van der Waals surface area contributed by atoms with Gasteiger partial charge in [0, 0.05) is 6.54 Å². The van der Waals surface area contributed by atoms with Gasteiger partial charge in [-0.2, -0.15) is 0 Å². The van der Waals surface area contributed by atoms with Gasteiger partial charge in [0.15, 0.2) is 5.82 Å². The maximum atomic E-state index is 12.4. The van der Waals surface area contributed by atoms with Crippen molar-refractivity contribution in [1.82, 2.24) is 14.8 Å². The largest absolute Gasteiger partial charge is 0.388 e. The maximum absolute atomic E-state index is 12.4. The van der Waals surface area contributed by atoms with E-state index in [4.69, 9.17) is 0 Å². The van der Waals surface area contributed by atoms with Gasteiger partial charge in [-0.3, -0.25) is 4.57 Å². The predicted molar refractivity (Wildman–Crippen MR) is 70.2 cm³/mol. The third-order valence-corrected chi connectivity index (χ3v) is 5.36. The van der Waals surface area contributed by atoms with E-state index in [-0.39, 0.29) is 23.4 Å². The zero-order chi connectivity index (χ0) is 13.9. The molecule has 1 N–H and O–H groups in total. The second kappa shape index (κ2) is 6.00. The zero-order valence-corrected chi connectivity index (χ0v) is 12.1. The number of rotatable bonds is 6. The molecule has 0 aliphatic heterocycles. The molecule has 1 aromatic rings. The standard InChI is InChI=1S/C12H21N3O3S/c1-2-7-15-11(8-16)13-14-12(15)19(17,18)9-10-5-3-4-6-10/h10,16H,2-9H2,1H3. The van der Waals surface area contributed by atoms with Gasteiger partial charge in [0.1, 0.15) is 6.61 Å². The Bertz CT molecular complexity index is 518. The van der Waals surface area contributed by atoms with Crippen molar-refractivity contribution in [2.75, 3.05) is 5.75 Å². The van der Waals surface area contributed by atoms with Crippen LogP contribution in [0.2, 0.25) is 0 Å². The average Bonchev–Trinajstić information content (AvgIpc) is 2.98. The van der Waals surface area contributed by atoms with E-state index in [1.165, 1.54) is 4.57 Å². The van der Waals surface area contributed by atoms with Gasteiger partial charge in [0.05, 0.1) is 5.75 Å². The van der Waals surface area contributed by atoms with E-state index < -0.39 is 9.84 Å². The molecule has 2 rings (SSSR count). The smallest absolute Gasteiger partial charge is 0.249 e. The lowest BCUT2D eigenvalue weighted by Gasteiger charge is -2.11. The Labute approximate surface area is 113 Å². The molecule has 0 spiro atoms. The molecule has 6 nitrogen and oxygen atoms in total. The Balaban J connectivity index is 2.25. The van der Waals surface area contributed by atoms with E-state index >= 15 is 0 Å². The lowest BCUT2D eigenvalue weighted by atomic mass is 10.1. The minimum Gasteiger partial charge on any atom is -0.388 e. The first-order chi connectivity index (χ1) is 9.08. The number of aliphatic hydroxyl groups is 1. The summed E-state index contributed by atoms with van der Waals surface area (Å²) in [7, 11) is -3.41. The van der Waals surface area contributed by atoms with Gasteiger partial charge in [-0.05, 0) is 25.2 Å².